The fourth-order valence-electron chi connectivity index (χ4n) is 2.63. The van der Waals surface area contributed by atoms with Crippen LogP contribution in [-0.2, 0) is 5.41 Å². The predicted octanol–water partition coefficient (Wildman–Crippen LogP) is 8.62. The smallest absolute Gasteiger partial charge is 0.147 e. The van der Waals surface area contributed by atoms with Gasteiger partial charge in [-0.05, 0) is 106 Å². The molecule has 0 aromatic heterocycles. The van der Waals surface area contributed by atoms with Crippen LogP contribution in [0.2, 0.25) is 0 Å². The molecule has 148 valence electrons. The van der Waals surface area contributed by atoms with E-state index in [0.717, 1.165) is 41.1 Å². The van der Waals surface area contributed by atoms with Crippen LogP contribution in [0.15, 0.2) is 42.2 Å². The maximum absolute atomic E-state index is 5.85. The van der Waals surface area contributed by atoms with Gasteiger partial charge in [0.25, 0.3) is 0 Å². The first-order chi connectivity index (χ1) is 12.7. The Morgan fingerprint density at radius 3 is 1.44 bits per heavy atom. The van der Waals surface area contributed by atoms with Crippen molar-refractivity contribution in [1.82, 2.24) is 0 Å². The minimum atomic E-state index is -0.215. The van der Waals surface area contributed by atoms with E-state index in [1.54, 1.807) is 0 Å². The van der Waals surface area contributed by atoms with Gasteiger partial charge in [-0.25, -0.2) is 0 Å². The summed E-state index contributed by atoms with van der Waals surface area (Å²) in [6.07, 6.45) is 0.970. The van der Waals surface area contributed by atoms with E-state index in [1.807, 2.05) is 0 Å². The predicted molar refractivity (Wildman–Crippen MR) is 131 cm³/mol. The van der Waals surface area contributed by atoms with Crippen LogP contribution >= 0.6 is 79.6 Å². The van der Waals surface area contributed by atoms with Crippen molar-refractivity contribution in [2.45, 2.75) is 32.6 Å². The molecule has 0 unspecified atom stereocenters. The summed E-state index contributed by atoms with van der Waals surface area (Å²) < 4.78 is 15.4. The Morgan fingerprint density at radius 1 is 0.741 bits per heavy atom. The largest absolute Gasteiger partial charge is 0.491 e. The van der Waals surface area contributed by atoms with Crippen molar-refractivity contribution in [3.8, 4) is 11.5 Å². The summed E-state index contributed by atoms with van der Waals surface area (Å²) in [6, 6.07) is 8.51. The molecular formula is C20H21Br5O2. The average molecular weight is 693 g/mol. The highest BCUT2D eigenvalue weighted by Crippen LogP contribution is 2.44. The lowest BCUT2D eigenvalue weighted by Gasteiger charge is -2.28. The van der Waals surface area contributed by atoms with E-state index >= 15 is 0 Å². The fraction of sp³-hybridized carbons (Fsp3) is 0.400. The average Bonchev–Trinajstić information content (AvgIpc) is 2.60. The molecule has 0 saturated heterocycles. The van der Waals surface area contributed by atoms with Gasteiger partial charge in [0, 0.05) is 10.7 Å². The molecule has 0 heterocycles. The fourth-order valence-corrected chi connectivity index (χ4v) is 5.62. The highest BCUT2D eigenvalue weighted by Gasteiger charge is 2.27. The molecule has 0 aliphatic heterocycles. The Balaban J connectivity index is 2.43. The first kappa shape index (κ1) is 23.7. The number of alkyl halides is 1. The molecule has 2 aromatic rings. The Kier molecular flexibility index (Phi) is 9.19. The van der Waals surface area contributed by atoms with E-state index in [-0.39, 0.29) is 5.41 Å². The molecule has 0 bridgehead atoms. The van der Waals surface area contributed by atoms with E-state index in [9.17, 15) is 0 Å². The van der Waals surface area contributed by atoms with Gasteiger partial charge in [0.2, 0.25) is 0 Å². The van der Waals surface area contributed by atoms with Crippen molar-refractivity contribution >= 4 is 79.6 Å². The number of hydrogen-bond acceptors (Lipinski definition) is 2. The van der Waals surface area contributed by atoms with E-state index < -0.39 is 0 Å². The topological polar surface area (TPSA) is 18.5 Å². The van der Waals surface area contributed by atoms with Gasteiger partial charge < -0.3 is 9.47 Å². The van der Waals surface area contributed by atoms with Gasteiger partial charge >= 0.3 is 0 Å². The van der Waals surface area contributed by atoms with Crippen LogP contribution < -0.4 is 9.47 Å². The summed E-state index contributed by atoms with van der Waals surface area (Å²) in [5, 5.41) is 0.785. The van der Waals surface area contributed by atoms with Crippen LogP contribution in [0.5, 0.6) is 11.5 Å². The number of hydrogen-bond donors (Lipinski definition) is 0. The minimum absolute atomic E-state index is 0.215. The Labute approximate surface area is 203 Å². The number of halogens is 5. The first-order valence-electron chi connectivity index (χ1n) is 8.53. The molecule has 0 aliphatic carbocycles. The van der Waals surface area contributed by atoms with Crippen LogP contribution in [0.1, 0.15) is 38.3 Å². The van der Waals surface area contributed by atoms with E-state index in [4.69, 9.17) is 9.47 Å². The number of benzene rings is 2. The molecule has 0 saturated carbocycles. The maximum atomic E-state index is 5.85. The number of rotatable bonds is 8. The van der Waals surface area contributed by atoms with Crippen molar-refractivity contribution in [1.29, 1.82) is 0 Å². The van der Waals surface area contributed by atoms with Gasteiger partial charge in [-0.15, -0.1) is 0 Å². The van der Waals surface area contributed by atoms with Crippen LogP contribution in [0.3, 0.4) is 0 Å². The van der Waals surface area contributed by atoms with Crippen LogP contribution in [0, 0.1) is 0 Å². The lowest BCUT2D eigenvalue weighted by molar-refractivity contribution is 0.313. The zero-order valence-corrected chi connectivity index (χ0v) is 23.3. The molecule has 7 heteroatoms. The molecule has 0 atom stereocenters. The third-order valence-electron chi connectivity index (χ3n) is 4.21. The molecule has 0 radical (unpaired) electrons. The first-order valence-corrected chi connectivity index (χ1v) is 12.8. The highest BCUT2D eigenvalue weighted by atomic mass is 79.9. The van der Waals surface area contributed by atoms with E-state index in [2.05, 4.69) is 125 Å². The Morgan fingerprint density at radius 2 is 1.11 bits per heavy atom. The molecule has 0 fully saturated rings. The van der Waals surface area contributed by atoms with Gasteiger partial charge in [-0.2, -0.15) is 0 Å². The van der Waals surface area contributed by atoms with Crippen molar-refractivity contribution in [3.05, 3.63) is 53.3 Å². The SMILES string of the molecule is CCCOc1c(Br)cc(C(C)(C)c2cc(Br)c(OCCBr)c(Br)c2)cc1Br. The normalized spacial score (nSPS) is 11.6. The van der Waals surface area contributed by atoms with Crippen molar-refractivity contribution in [3.63, 3.8) is 0 Å². The van der Waals surface area contributed by atoms with Crippen molar-refractivity contribution in [2.75, 3.05) is 18.5 Å². The molecule has 0 spiro atoms. The van der Waals surface area contributed by atoms with Crippen molar-refractivity contribution in [2.24, 2.45) is 0 Å². The zero-order valence-electron chi connectivity index (χ0n) is 15.3. The van der Waals surface area contributed by atoms with Gasteiger partial charge in [0.05, 0.1) is 31.1 Å². The second kappa shape index (κ2) is 10.5. The van der Waals surface area contributed by atoms with Crippen molar-refractivity contribution < 1.29 is 9.47 Å². The molecular weight excluding hydrogens is 672 g/mol. The second-order valence-electron chi connectivity index (χ2n) is 6.55. The summed E-state index contributed by atoms with van der Waals surface area (Å²) in [5.41, 5.74) is 2.14. The molecule has 2 nitrogen and oxygen atoms in total. The Hall–Kier alpha value is 0.440. The van der Waals surface area contributed by atoms with Crippen LogP contribution in [0.4, 0.5) is 0 Å². The van der Waals surface area contributed by atoms with Gasteiger partial charge in [0.15, 0.2) is 0 Å². The van der Waals surface area contributed by atoms with Gasteiger partial charge in [-0.1, -0.05) is 36.7 Å². The number of ether oxygens (including phenoxy) is 2. The third kappa shape index (κ3) is 5.74. The summed E-state index contributed by atoms with van der Waals surface area (Å²) in [4.78, 5) is 0. The summed E-state index contributed by atoms with van der Waals surface area (Å²) in [7, 11) is 0. The summed E-state index contributed by atoms with van der Waals surface area (Å²) >= 11 is 18.0. The zero-order chi connectivity index (χ0) is 20.2. The highest BCUT2D eigenvalue weighted by molar-refractivity contribution is 9.11. The Bertz CT molecular complexity index is 693. The lowest BCUT2D eigenvalue weighted by Crippen LogP contribution is -2.19. The van der Waals surface area contributed by atoms with Crippen LogP contribution in [-0.4, -0.2) is 18.5 Å². The molecule has 27 heavy (non-hydrogen) atoms. The monoisotopic (exact) mass is 688 g/mol. The van der Waals surface area contributed by atoms with E-state index in [1.165, 1.54) is 11.1 Å². The minimum Gasteiger partial charge on any atom is -0.491 e. The maximum Gasteiger partial charge on any atom is 0.147 e. The quantitative estimate of drug-likeness (QED) is 0.258. The van der Waals surface area contributed by atoms with Gasteiger partial charge in [0.1, 0.15) is 11.5 Å². The van der Waals surface area contributed by atoms with Gasteiger partial charge in [-0.3, -0.25) is 0 Å². The van der Waals surface area contributed by atoms with Crippen LogP contribution in [0.25, 0.3) is 0 Å². The molecule has 0 N–H and O–H groups in total. The summed E-state index contributed by atoms with van der Waals surface area (Å²) in [5.74, 6) is 1.66. The molecule has 2 rings (SSSR count). The third-order valence-corrected chi connectivity index (χ3v) is 6.89. The molecule has 0 aliphatic rings. The second-order valence-corrected chi connectivity index (χ2v) is 10.8. The molecule has 0 amide bonds. The lowest BCUT2D eigenvalue weighted by atomic mass is 9.78. The summed E-state index contributed by atoms with van der Waals surface area (Å²) in [6.45, 7) is 7.82. The standard InChI is InChI=1S/C20H21Br5O2/c1-4-6-26-18-14(22)8-12(9-15(18)23)20(2,3)13-10-16(24)19(17(25)11-13)27-7-5-21/h8-11H,4-7H2,1-3H3. The molecule has 2 aromatic carbocycles. The van der Waals surface area contributed by atoms with E-state index in [0.29, 0.717) is 13.2 Å².